The van der Waals surface area contributed by atoms with Gasteiger partial charge in [-0.2, -0.15) is 0 Å². The molecule has 0 fully saturated rings. The molecule has 3 aromatic heterocycles. The third-order valence-corrected chi connectivity index (χ3v) is 9.41. The highest BCUT2D eigenvalue weighted by Crippen LogP contribution is 2.41. The first-order valence-corrected chi connectivity index (χ1v) is 17.3. The Morgan fingerprint density at radius 2 is 1.34 bits per heavy atom. The maximum atomic E-state index is 9.15. The van der Waals surface area contributed by atoms with Gasteiger partial charge >= 0.3 is 6.01 Å². The van der Waals surface area contributed by atoms with Crippen molar-refractivity contribution in [3.05, 3.63) is 138 Å². The monoisotopic (exact) mass is 710 g/mol. The van der Waals surface area contributed by atoms with Crippen LogP contribution in [0.3, 0.4) is 0 Å². The highest BCUT2D eigenvalue weighted by molar-refractivity contribution is 6.09. The van der Waals surface area contributed by atoms with Gasteiger partial charge in [-0.25, -0.2) is 4.98 Å². The zero-order valence-electron chi connectivity index (χ0n) is 43.4. The molecule has 0 atom stereocenters. The van der Waals surface area contributed by atoms with Gasteiger partial charge in [0.05, 0.1) is 28.8 Å². The fourth-order valence-corrected chi connectivity index (χ4v) is 6.53. The first-order chi connectivity index (χ1) is 30.6. The first kappa shape index (κ1) is 22.3. The number of ether oxygens (including phenoxy) is 1. The van der Waals surface area contributed by atoms with Gasteiger partial charge in [0.1, 0.15) is 17.3 Å². The second-order valence-corrected chi connectivity index (χ2v) is 15.4. The van der Waals surface area contributed by atoms with Crippen molar-refractivity contribution in [2.75, 3.05) is 0 Å². The quantitative estimate of drug-likeness (QED) is 0.167. The van der Waals surface area contributed by atoms with Gasteiger partial charge in [-0.05, 0) is 78.5 Å². The van der Waals surface area contributed by atoms with E-state index < -0.39 is 66.8 Å². The number of benzene rings is 4. The molecule has 8 rings (SSSR count). The molecule has 0 saturated carbocycles. The summed E-state index contributed by atoms with van der Waals surface area (Å²) in [7, 11) is 0. The number of aromatic nitrogens is 3. The summed E-state index contributed by atoms with van der Waals surface area (Å²) >= 11 is 0. The lowest BCUT2D eigenvalue weighted by atomic mass is 9.86. The normalized spacial score (nSPS) is 17.6. The van der Waals surface area contributed by atoms with Crippen molar-refractivity contribution in [2.45, 2.75) is 78.3 Å². The van der Waals surface area contributed by atoms with Gasteiger partial charge in [-0.15, -0.1) is 0 Å². The average Bonchev–Trinajstić information content (AvgIpc) is 3.75. The van der Waals surface area contributed by atoms with Crippen molar-refractivity contribution in [1.82, 2.24) is 23.7 Å². The summed E-state index contributed by atoms with van der Waals surface area (Å²) in [6.07, 6.45) is 5.39. The molecule has 4 heterocycles. The SMILES string of the molecule is [2H]c1c([2H])c(C(C([2H])([2H])[2H])(C([2H])([2H])[2H])C([2H])([2H])[2H])c([2H])c([2H])c1[N+]1=C=[N+](c2cc(Oc3ccc4c5ccncc5n(-c5cc(C(C)(C)C)ccn5)c4c3)cc(C(C)(C)C)c2)c2ccccc21. The van der Waals surface area contributed by atoms with Crippen LogP contribution < -0.4 is 13.9 Å². The summed E-state index contributed by atoms with van der Waals surface area (Å²) in [5.41, 5.74) is -0.766. The summed E-state index contributed by atoms with van der Waals surface area (Å²) in [6, 6.07) is 23.8. The molecule has 1 aliphatic rings. The zero-order chi connectivity index (χ0) is 48.3. The van der Waals surface area contributed by atoms with Crippen LogP contribution >= 0.6 is 0 Å². The minimum absolute atomic E-state index is 0.121. The van der Waals surface area contributed by atoms with Gasteiger partial charge < -0.3 is 4.74 Å². The summed E-state index contributed by atoms with van der Waals surface area (Å²) in [5, 5.41) is 1.98. The predicted molar refractivity (Wildman–Crippen MR) is 220 cm³/mol. The Kier molecular flexibility index (Phi) is 5.21. The number of pyridine rings is 2. The Balaban J connectivity index is 1.32. The van der Waals surface area contributed by atoms with E-state index in [9.17, 15) is 0 Å². The molecule has 0 radical (unpaired) electrons. The summed E-state index contributed by atoms with van der Waals surface area (Å²) < 4.78 is 122. The fourth-order valence-electron chi connectivity index (χ4n) is 6.53. The molecule has 6 heteroatoms. The highest BCUT2D eigenvalue weighted by atomic mass is 16.5. The largest absolute Gasteiger partial charge is 0.503 e. The van der Waals surface area contributed by atoms with Gasteiger partial charge in [-0.1, -0.05) is 86.3 Å². The molecule has 0 amide bonds. The van der Waals surface area contributed by atoms with E-state index in [0.29, 0.717) is 28.6 Å². The van der Waals surface area contributed by atoms with E-state index in [-0.39, 0.29) is 5.41 Å². The smallest absolute Gasteiger partial charge is 0.457 e. The molecule has 4 aromatic carbocycles. The lowest BCUT2D eigenvalue weighted by Gasteiger charge is -2.20. The number of hydrogen-bond donors (Lipinski definition) is 0. The maximum Gasteiger partial charge on any atom is 0.503 e. The standard InChI is InChI=1S/C47H47N5O/c1-45(2,3)31-14-16-34(17-15-31)50-30-51(41-13-11-10-12-40(41)50)35-24-33(47(7,8)9)25-37(27-35)53-36-18-19-38-39-21-22-48-29-43(39)52(42(38)28-36)44-26-32(20-23-49-44)46(4,5)6/h10-29H,1-9H3/q+2/i1D3,2D3,3D3,14D,15D,16D,17D. The number of para-hydroxylation sites is 2. The second kappa shape index (κ2) is 12.4. The molecule has 0 unspecified atom stereocenters. The molecule has 53 heavy (non-hydrogen) atoms. The Morgan fingerprint density at radius 3 is 2.04 bits per heavy atom. The van der Waals surface area contributed by atoms with Crippen molar-refractivity contribution in [3.63, 3.8) is 0 Å². The van der Waals surface area contributed by atoms with Crippen molar-refractivity contribution < 1.29 is 22.6 Å². The van der Waals surface area contributed by atoms with Gasteiger partial charge in [0.25, 0.3) is 11.4 Å². The van der Waals surface area contributed by atoms with Gasteiger partial charge in [0, 0.05) is 71.9 Å². The molecule has 264 valence electrons. The average molecular weight is 711 g/mol. The van der Waals surface area contributed by atoms with E-state index in [0.717, 1.165) is 38.8 Å². The molecule has 7 aromatic rings. The predicted octanol–water partition coefficient (Wildman–Crippen LogP) is 12.1. The van der Waals surface area contributed by atoms with Gasteiger partial charge in [0.15, 0.2) is 0 Å². The first-order valence-electron chi connectivity index (χ1n) is 23.8. The van der Waals surface area contributed by atoms with E-state index in [1.54, 1.807) is 41.1 Å². The maximum absolute atomic E-state index is 9.15. The minimum Gasteiger partial charge on any atom is -0.457 e. The van der Waals surface area contributed by atoms with Crippen LogP contribution in [-0.2, 0) is 16.2 Å². The third kappa shape index (κ3) is 6.34. The van der Waals surface area contributed by atoms with E-state index >= 15 is 0 Å². The van der Waals surface area contributed by atoms with Crippen LogP contribution in [0.15, 0.2) is 122 Å². The van der Waals surface area contributed by atoms with Crippen molar-refractivity contribution in [2.24, 2.45) is 0 Å². The highest BCUT2D eigenvalue weighted by Gasteiger charge is 2.37. The summed E-state index contributed by atoms with van der Waals surface area (Å²) in [4.78, 5) is 9.22. The molecular weight excluding hydrogens is 651 g/mol. The van der Waals surface area contributed by atoms with Crippen molar-refractivity contribution in [1.29, 1.82) is 0 Å². The zero-order valence-corrected chi connectivity index (χ0v) is 30.4. The Bertz CT molecular complexity index is 3130. The molecule has 6 nitrogen and oxygen atoms in total. The minimum atomic E-state index is -3.81. The van der Waals surface area contributed by atoms with Crippen molar-refractivity contribution >= 4 is 50.6 Å². The van der Waals surface area contributed by atoms with Crippen LogP contribution in [0.25, 0.3) is 27.6 Å². The van der Waals surface area contributed by atoms with E-state index in [1.165, 1.54) is 4.58 Å². The molecule has 0 N–H and O–H groups in total. The Morgan fingerprint density at radius 1 is 0.642 bits per heavy atom. The molecule has 0 bridgehead atoms. The van der Waals surface area contributed by atoms with Crippen LogP contribution in [0.1, 0.15) is 96.6 Å². The van der Waals surface area contributed by atoms with Gasteiger partial charge in [0.2, 0.25) is 11.4 Å². The van der Waals surface area contributed by atoms with Crippen molar-refractivity contribution in [3.8, 4) is 17.3 Å². The molecule has 0 spiro atoms. The van der Waals surface area contributed by atoms with Crippen LogP contribution in [0.2, 0.25) is 0 Å². The topological polar surface area (TPSA) is 46.0 Å². The molecule has 0 aliphatic carbocycles. The molecular formula is C47H47N5O+2. The van der Waals surface area contributed by atoms with E-state index in [2.05, 4.69) is 63.2 Å². The Hall–Kier alpha value is -5.84. The van der Waals surface area contributed by atoms with Crippen LogP contribution in [0.5, 0.6) is 11.5 Å². The number of rotatable bonds is 5. The van der Waals surface area contributed by atoms with E-state index in [4.69, 9.17) is 27.5 Å². The lowest BCUT2D eigenvalue weighted by Crippen LogP contribution is -2.12. The fraction of sp³-hybridized carbons (Fsp3) is 0.255. The third-order valence-electron chi connectivity index (χ3n) is 9.41. The lowest BCUT2D eigenvalue weighted by molar-refractivity contribution is 0.479. The van der Waals surface area contributed by atoms with Crippen LogP contribution in [-0.4, -0.2) is 20.5 Å². The number of hydrogen-bond acceptors (Lipinski definition) is 3. The van der Waals surface area contributed by atoms with Crippen LogP contribution in [0.4, 0.5) is 22.7 Å². The Labute approximate surface area is 330 Å². The summed E-state index contributed by atoms with van der Waals surface area (Å²) in [6.45, 7) is 1.19. The molecule has 1 aliphatic heterocycles. The number of fused-ring (bicyclic) bond motifs is 4. The van der Waals surface area contributed by atoms with Gasteiger partial charge in [-0.3, -0.25) is 9.55 Å². The summed E-state index contributed by atoms with van der Waals surface area (Å²) in [5.74, 6) is 1.73. The number of nitrogens with zero attached hydrogens (tertiary/aromatic N) is 5. The second-order valence-electron chi connectivity index (χ2n) is 15.4. The van der Waals surface area contributed by atoms with E-state index in [1.807, 2.05) is 54.9 Å². The molecule has 0 saturated heterocycles. The van der Waals surface area contributed by atoms with Crippen LogP contribution in [0, 0.1) is 0 Å².